The van der Waals surface area contributed by atoms with Crippen molar-refractivity contribution < 1.29 is 14.6 Å². The average molecular weight is 251 g/mol. The number of alkyl carbamates (subject to hydrolysis) is 1. The molecule has 0 fully saturated rings. The second kappa shape index (κ2) is 5.87. The minimum atomic E-state index is -0.725. The largest absolute Gasteiger partial charge is 0.444 e. The lowest BCUT2D eigenvalue weighted by Gasteiger charge is -2.20. The first-order valence-electron chi connectivity index (χ1n) is 5.99. The predicted molar refractivity (Wildman–Crippen MR) is 70.4 cm³/mol. The number of aryl methyl sites for hydroxylation is 1. The molecule has 18 heavy (non-hydrogen) atoms. The molecule has 0 aliphatic rings. The number of amides is 1. The molecule has 1 rings (SSSR count). The van der Waals surface area contributed by atoms with Crippen LogP contribution < -0.4 is 5.32 Å². The van der Waals surface area contributed by atoms with E-state index in [1.807, 2.05) is 31.2 Å². The molecule has 0 radical (unpaired) electrons. The van der Waals surface area contributed by atoms with E-state index in [0.29, 0.717) is 0 Å². The smallest absolute Gasteiger partial charge is 0.407 e. The third kappa shape index (κ3) is 5.19. The lowest BCUT2D eigenvalue weighted by molar-refractivity contribution is 0.0492. The van der Waals surface area contributed by atoms with Gasteiger partial charge in [0.1, 0.15) is 5.60 Å². The standard InChI is InChI=1S/C14H21NO3/c1-10-6-5-7-11(8-10)12(16)9-15-13(17)18-14(2,3)4/h5-8,12,16H,9H2,1-4H3,(H,15,17)/t12-/m1/s1. The minimum Gasteiger partial charge on any atom is -0.444 e. The SMILES string of the molecule is Cc1cccc([C@H](O)CNC(=O)OC(C)(C)C)c1. The van der Waals surface area contributed by atoms with Crippen LogP contribution in [0.15, 0.2) is 24.3 Å². The summed E-state index contributed by atoms with van der Waals surface area (Å²) in [4.78, 5) is 11.4. The Kier molecular flexibility index (Phi) is 4.73. The van der Waals surface area contributed by atoms with E-state index in [-0.39, 0.29) is 6.54 Å². The molecule has 0 aromatic heterocycles. The van der Waals surface area contributed by atoms with Crippen molar-refractivity contribution in [3.63, 3.8) is 0 Å². The van der Waals surface area contributed by atoms with Gasteiger partial charge in [0.15, 0.2) is 0 Å². The van der Waals surface area contributed by atoms with Crippen LogP contribution in [0.4, 0.5) is 4.79 Å². The number of benzene rings is 1. The average Bonchev–Trinajstić information content (AvgIpc) is 2.23. The Labute approximate surface area is 108 Å². The quantitative estimate of drug-likeness (QED) is 0.868. The van der Waals surface area contributed by atoms with Crippen LogP contribution in [-0.4, -0.2) is 23.3 Å². The lowest BCUT2D eigenvalue weighted by Crippen LogP contribution is -2.34. The van der Waals surface area contributed by atoms with Crippen LogP contribution in [0.5, 0.6) is 0 Å². The van der Waals surface area contributed by atoms with E-state index in [2.05, 4.69) is 5.32 Å². The first-order chi connectivity index (χ1) is 8.28. The second-order valence-electron chi connectivity index (χ2n) is 5.31. The summed E-state index contributed by atoms with van der Waals surface area (Å²) in [7, 11) is 0. The molecule has 0 saturated heterocycles. The maximum Gasteiger partial charge on any atom is 0.407 e. The van der Waals surface area contributed by atoms with E-state index in [0.717, 1.165) is 11.1 Å². The van der Waals surface area contributed by atoms with Crippen LogP contribution in [0, 0.1) is 6.92 Å². The van der Waals surface area contributed by atoms with Gasteiger partial charge in [-0.15, -0.1) is 0 Å². The number of ether oxygens (including phenoxy) is 1. The summed E-state index contributed by atoms with van der Waals surface area (Å²) in [6.45, 7) is 7.48. The van der Waals surface area contributed by atoms with Gasteiger partial charge < -0.3 is 15.2 Å². The van der Waals surface area contributed by atoms with Gasteiger partial charge in [-0.1, -0.05) is 29.8 Å². The van der Waals surface area contributed by atoms with Crippen molar-refractivity contribution in [3.8, 4) is 0 Å². The van der Waals surface area contributed by atoms with Crippen molar-refractivity contribution >= 4 is 6.09 Å². The molecule has 0 saturated carbocycles. The number of aliphatic hydroxyl groups excluding tert-OH is 1. The second-order valence-corrected chi connectivity index (χ2v) is 5.31. The highest BCUT2D eigenvalue weighted by molar-refractivity contribution is 5.67. The number of nitrogens with one attached hydrogen (secondary N) is 1. The fraction of sp³-hybridized carbons (Fsp3) is 0.500. The molecule has 2 N–H and O–H groups in total. The Bertz CT molecular complexity index is 410. The maximum atomic E-state index is 11.4. The van der Waals surface area contributed by atoms with Crippen molar-refractivity contribution in [2.45, 2.75) is 39.4 Å². The van der Waals surface area contributed by atoms with Gasteiger partial charge in [-0.3, -0.25) is 0 Å². The third-order valence-corrected chi connectivity index (χ3v) is 2.27. The number of carbonyl (C=O) groups is 1. The molecule has 100 valence electrons. The van der Waals surface area contributed by atoms with Crippen LogP contribution in [0.3, 0.4) is 0 Å². The van der Waals surface area contributed by atoms with Crippen molar-refractivity contribution in [2.75, 3.05) is 6.54 Å². The fourth-order valence-electron chi connectivity index (χ4n) is 1.49. The molecule has 1 amide bonds. The summed E-state index contributed by atoms with van der Waals surface area (Å²) in [5, 5.41) is 12.5. The molecule has 1 aromatic rings. The summed E-state index contributed by atoms with van der Waals surface area (Å²) in [5.74, 6) is 0. The van der Waals surface area contributed by atoms with E-state index >= 15 is 0 Å². The van der Waals surface area contributed by atoms with Gasteiger partial charge in [0.25, 0.3) is 0 Å². The van der Waals surface area contributed by atoms with Crippen LogP contribution in [0.2, 0.25) is 0 Å². The van der Waals surface area contributed by atoms with Crippen LogP contribution >= 0.6 is 0 Å². The maximum absolute atomic E-state index is 11.4. The molecule has 0 spiro atoms. The summed E-state index contributed by atoms with van der Waals surface area (Å²) < 4.78 is 5.09. The molecule has 1 aromatic carbocycles. The Hall–Kier alpha value is -1.55. The molecular formula is C14H21NO3. The highest BCUT2D eigenvalue weighted by atomic mass is 16.6. The van der Waals surface area contributed by atoms with E-state index < -0.39 is 17.8 Å². The number of carbonyl (C=O) groups excluding carboxylic acids is 1. The van der Waals surface area contributed by atoms with E-state index in [4.69, 9.17) is 4.74 Å². The number of aliphatic hydroxyl groups is 1. The molecule has 1 atom stereocenters. The highest BCUT2D eigenvalue weighted by Gasteiger charge is 2.17. The van der Waals surface area contributed by atoms with Crippen molar-refractivity contribution in [3.05, 3.63) is 35.4 Å². The van der Waals surface area contributed by atoms with Gasteiger partial charge in [-0.2, -0.15) is 0 Å². The first kappa shape index (κ1) is 14.5. The van der Waals surface area contributed by atoms with Crippen molar-refractivity contribution in [1.82, 2.24) is 5.32 Å². The van der Waals surface area contributed by atoms with Crippen molar-refractivity contribution in [2.24, 2.45) is 0 Å². The zero-order chi connectivity index (χ0) is 13.8. The topological polar surface area (TPSA) is 58.6 Å². The van der Waals surface area contributed by atoms with Crippen molar-refractivity contribution in [1.29, 1.82) is 0 Å². The zero-order valence-electron chi connectivity index (χ0n) is 11.4. The Morgan fingerprint density at radius 1 is 1.44 bits per heavy atom. The number of hydrogen-bond acceptors (Lipinski definition) is 3. The zero-order valence-corrected chi connectivity index (χ0v) is 11.4. The minimum absolute atomic E-state index is 0.137. The number of rotatable bonds is 3. The molecule has 0 bridgehead atoms. The lowest BCUT2D eigenvalue weighted by atomic mass is 10.1. The van der Waals surface area contributed by atoms with E-state index in [1.165, 1.54) is 0 Å². The molecule has 0 heterocycles. The van der Waals surface area contributed by atoms with E-state index in [1.54, 1.807) is 20.8 Å². The van der Waals surface area contributed by atoms with Crippen LogP contribution in [0.25, 0.3) is 0 Å². The summed E-state index contributed by atoms with van der Waals surface area (Å²) in [6, 6.07) is 7.55. The molecule has 0 aliphatic carbocycles. The predicted octanol–water partition coefficient (Wildman–Crippen LogP) is 2.55. The monoisotopic (exact) mass is 251 g/mol. The molecule has 0 unspecified atom stereocenters. The first-order valence-corrected chi connectivity index (χ1v) is 5.99. The van der Waals surface area contributed by atoms with Crippen LogP contribution in [-0.2, 0) is 4.74 Å². The summed E-state index contributed by atoms with van der Waals surface area (Å²) >= 11 is 0. The Morgan fingerprint density at radius 3 is 2.67 bits per heavy atom. The van der Waals surface area contributed by atoms with E-state index in [9.17, 15) is 9.90 Å². The van der Waals surface area contributed by atoms with Gasteiger partial charge in [-0.05, 0) is 33.3 Å². The summed E-state index contributed by atoms with van der Waals surface area (Å²) in [6.07, 6.45) is -1.24. The Balaban J connectivity index is 2.46. The van der Waals surface area contributed by atoms with Gasteiger partial charge in [-0.25, -0.2) is 4.79 Å². The third-order valence-electron chi connectivity index (χ3n) is 2.27. The van der Waals surface area contributed by atoms with Gasteiger partial charge in [0, 0.05) is 0 Å². The van der Waals surface area contributed by atoms with Gasteiger partial charge in [0.2, 0.25) is 0 Å². The van der Waals surface area contributed by atoms with Gasteiger partial charge in [0.05, 0.1) is 12.6 Å². The highest BCUT2D eigenvalue weighted by Crippen LogP contribution is 2.13. The fourth-order valence-corrected chi connectivity index (χ4v) is 1.49. The molecule has 4 nitrogen and oxygen atoms in total. The molecular weight excluding hydrogens is 230 g/mol. The normalized spacial score (nSPS) is 12.9. The molecule has 4 heteroatoms. The van der Waals surface area contributed by atoms with Gasteiger partial charge >= 0.3 is 6.09 Å². The summed E-state index contributed by atoms with van der Waals surface area (Å²) in [5.41, 5.74) is 1.33. The molecule has 0 aliphatic heterocycles. The Morgan fingerprint density at radius 2 is 2.11 bits per heavy atom. The van der Waals surface area contributed by atoms with Crippen LogP contribution in [0.1, 0.15) is 38.0 Å². The number of hydrogen-bond donors (Lipinski definition) is 2.